The van der Waals surface area contributed by atoms with Crippen LogP contribution in [-0.4, -0.2) is 46.4 Å². The van der Waals surface area contributed by atoms with E-state index in [-0.39, 0.29) is 4.90 Å². The zero-order valence-electron chi connectivity index (χ0n) is 11.4. The summed E-state index contributed by atoms with van der Waals surface area (Å²) in [7, 11) is -1.88. The van der Waals surface area contributed by atoms with Crippen molar-refractivity contribution in [1.82, 2.24) is 4.90 Å². The van der Waals surface area contributed by atoms with Gasteiger partial charge in [-0.2, -0.15) is 8.42 Å². The van der Waals surface area contributed by atoms with Crippen molar-refractivity contribution in [2.75, 3.05) is 26.7 Å². The van der Waals surface area contributed by atoms with Gasteiger partial charge in [0.1, 0.15) is 0 Å². The minimum absolute atomic E-state index is 0.204. The highest BCUT2D eigenvalue weighted by Crippen LogP contribution is 2.21. The number of rotatable bonds is 3. The van der Waals surface area contributed by atoms with Crippen molar-refractivity contribution < 1.29 is 17.3 Å². The van der Waals surface area contributed by atoms with Crippen LogP contribution in [0.3, 0.4) is 0 Å². The van der Waals surface area contributed by atoms with Crippen LogP contribution in [0.25, 0.3) is 0 Å². The maximum absolute atomic E-state index is 12.2. The molecule has 0 N–H and O–H groups in total. The Labute approximate surface area is 114 Å². The van der Waals surface area contributed by atoms with E-state index in [4.69, 9.17) is 8.92 Å². The number of likely N-dealkylation sites (N-methyl/N-ethyl adjacent to an activating group) is 1. The van der Waals surface area contributed by atoms with Crippen molar-refractivity contribution in [3.63, 3.8) is 0 Å². The lowest BCUT2D eigenvalue weighted by Gasteiger charge is -2.29. The maximum Gasteiger partial charge on any atom is 0.299 e. The third kappa shape index (κ3) is 3.54. The normalized spacial score (nSPS) is 21.5. The van der Waals surface area contributed by atoms with Gasteiger partial charge in [0, 0.05) is 6.54 Å². The van der Waals surface area contributed by atoms with Crippen LogP contribution in [0.5, 0.6) is 0 Å². The van der Waals surface area contributed by atoms with Gasteiger partial charge in [-0.05, 0) is 32.5 Å². The highest BCUT2D eigenvalue weighted by molar-refractivity contribution is 7.86. The Bertz CT molecular complexity index is 556. The number of morpholine rings is 1. The van der Waals surface area contributed by atoms with Crippen molar-refractivity contribution in [3.8, 4) is 0 Å². The highest BCUT2D eigenvalue weighted by atomic mass is 32.2. The molecule has 0 amide bonds. The van der Waals surface area contributed by atoms with Crippen molar-refractivity contribution in [2.45, 2.75) is 25.0 Å². The Hall–Kier alpha value is -0.950. The van der Waals surface area contributed by atoms with Crippen molar-refractivity contribution in [1.29, 1.82) is 0 Å². The molecule has 19 heavy (non-hydrogen) atoms. The van der Waals surface area contributed by atoms with Gasteiger partial charge < -0.3 is 4.74 Å². The first-order chi connectivity index (χ1) is 8.88. The standard InChI is InChI=1S/C13H19NO4S/c1-10-4-5-12(11(2)8-10)19(15,16)18-13-9-14(3)6-7-17-13/h4-5,8,13H,6-7,9H2,1-3H3. The molecular formula is C13H19NO4S. The van der Waals surface area contributed by atoms with E-state index in [1.807, 2.05) is 24.9 Å². The van der Waals surface area contributed by atoms with Crippen LogP contribution in [0.2, 0.25) is 0 Å². The molecule has 1 saturated heterocycles. The average Bonchev–Trinajstić information content (AvgIpc) is 2.27. The molecule has 0 bridgehead atoms. The first kappa shape index (κ1) is 14.5. The molecule has 1 aromatic carbocycles. The Morgan fingerprint density at radius 2 is 2.11 bits per heavy atom. The van der Waals surface area contributed by atoms with Crippen LogP contribution in [0.1, 0.15) is 11.1 Å². The molecule has 0 saturated carbocycles. The predicted molar refractivity (Wildman–Crippen MR) is 71.4 cm³/mol. The fraction of sp³-hybridized carbons (Fsp3) is 0.538. The number of hydrogen-bond donors (Lipinski definition) is 0. The summed E-state index contributed by atoms with van der Waals surface area (Å²) in [4.78, 5) is 2.18. The molecule has 0 spiro atoms. The van der Waals surface area contributed by atoms with Gasteiger partial charge in [0.25, 0.3) is 10.1 Å². The van der Waals surface area contributed by atoms with Gasteiger partial charge in [-0.15, -0.1) is 0 Å². The minimum Gasteiger partial charge on any atom is -0.349 e. The van der Waals surface area contributed by atoms with Gasteiger partial charge in [-0.3, -0.25) is 4.90 Å². The van der Waals surface area contributed by atoms with Gasteiger partial charge >= 0.3 is 0 Å². The summed E-state index contributed by atoms with van der Waals surface area (Å²) in [6, 6.07) is 5.16. The summed E-state index contributed by atoms with van der Waals surface area (Å²) >= 11 is 0. The van der Waals surface area contributed by atoms with Gasteiger partial charge in [0.05, 0.1) is 18.0 Å². The van der Waals surface area contributed by atoms with Crippen molar-refractivity contribution in [2.24, 2.45) is 0 Å². The molecule has 1 unspecified atom stereocenters. The van der Waals surface area contributed by atoms with Crippen molar-refractivity contribution >= 4 is 10.1 Å². The van der Waals surface area contributed by atoms with E-state index in [0.29, 0.717) is 18.7 Å². The zero-order chi connectivity index (χ0) is 14.0. The molecule has 1 fully saturated rings. The summed E-state index contributed by atoms with van der Waals surface area (Å²) in [5, 5.41) is 0. The minimum atomic E-state index is -3.78. The van der Waals surface area contributed by atoms with Gasteiger partial charge in [0.2, 0.25) is 0 Å². The molecule has 0 aromatic heterocycles. The second-order valence-corrected chi connectivity index (χ2v) is 6.42. The van der Waals surface area contributed by atoms with Crippen LogP contribution in [0.4, 0.5) is 0 Å². The topological polar surface area (TPSA) is 55.8 Å². The fourth-order valence-electron chi connectivity index (χ4n) is 2.07. The number of nitrogens with zero attached hydrogens (tertiary/aromatic N) is 1. The van der Waals surface area contributed by atoms with E-state index in [1.54, 1.807) is 19.1 Å². The number of hydrogen-bond acceptors (Lipinski definition) is 5. The molecule has 1 atom stereocenters. The quantitative estimate of drug-likeness (QED) is 0.783. The lowest BCUT2D eigenvalue weighted by molar-refractivity contribution is -0.122. The van der Waals surface area contributed by atoms with E-state index in [2.05, 4.69) is 0 Å². The molecule has 0 radical (unpaired) electrons. The number of ether oxygens (including phenoxy) is 1. The second kappa shape index (κ2) is 5.58. The van der Waals surface area contributed by atoms with Crippen LogP contribution >= 0.6 is 0 Å². The maximum atomic E-state index is 12.2. The molecule has 1 aliphatic heterocycles. The molecular weight excluding hydrogens is 266 g/mol. The second-order valence-electron chi connectivity index (χ2n) is 4.88. The van der Waals surface area contributed by atoms with Crippen LogP contribution in [0.15, 0.2) is 23.1 Å². The SMILES string of the molecule is Cc1ccc(S(=O)(=O)OC2CN(C)CCO2)c(C)c1. The van der Waals surface area contributed by atoms with Crippen LogP contribution in [-0.2, 0) is 19.0 Å². The van der Waals surface area contributed by atoms with Gasteiger partial charge in [-0.1, -0.05) is 17.7 Å². The highest BCUT2D eigenvalue weighted by Gasteiger charge is 2.27. The molecule has 1 aliphatic rings. The van der Waals surface area contributed by atoms with Gasteiger partial charge in [-0.25, -0.2) is 4.18 Å². The zero-order valence-corrected chi connectivity index (χ0v) is 12.2. The number of aryl methyl sites for hydroxylation is 2. The van der Waals surface area contributed by atoms with Crippen LogP contribution < -0.4 is 0 Å². The third-order valence-corrected chi connectivity index (χ3v) is 4.54. The largest absolute Gasteiger partial charge is 0.349 e. The summed E-state index contributed by atoms with van der Waals surface area (Å²) in [6.45, 7) is 5.39. The first-order valence-electron chi connectivity index (χ1n) is 6.19. The third-order valence-electron chi connectivity index (χ3n) is 3.07. The van der Waals surface area contributed by atoms with E-state index < -0.39 is 16.4 Å². The smallest absolute Gasteiger partial charge is 0.299 e. The molecule has 6 heteroatoms. The fourth-order valence-corrected chi connectivity index (χ4v) is 3.26. The summed E-state index contributed by atoms with van der Waals surface area (Å²) in [5.41, 5.74) is 1.70. The van der Waals surface area contributed by atoms with Gasteiger partial charge in [0.15, 0.2) is 6.29 Å². The summed E-state index contributed by atoms with van der Waals surface area (Å²) in [6.07, 6.45) is -0.732. The Kier molecular flexibility index (Phi) is 4.25. The van der Waals surface area contributed by atoms with E-state index in [0.717, 1.165) is 12.1 Å². The summed E-state index contributed by atoms with van der Waals surface area (Å²) < 4.78 is 34.9. The van der Waals surface area contributed by atoms with E-state index >= 15 is 0 Å². The number of benzene rings is 1. The monoisotopic (exact) mass is 285 g/mol. The lowest BCUT2D eigenvalue weighted by Crippen LogP contribution is -2.42. The lowest BCUT2D eigenvalue weighted by atomic mass is 10.2. The molecule has 106 valence electrons. The summed E-state index contributed by atoms with van der Waals surface area (Å²) in [5.74, 6) is 0. The van der Waals surface area contributed by atoms with Crippen molar-refractivity contribution in [3.05, 3.63) is 29.3 Å². The first-order valence-corrected chi connectivity index (χ1v) is 7.60. The Morgan fingerprint density at radius 3 is 2.74 bits per heavy atom. The molecule has 2 rings (SSSR count). The van der Waals surface area contributed by atoms with E-state index in [1.165, 1.54) is 0 Å². The molecule has 5 nitrogen and oxygen atoms in total. The molecule has 0 aliphatic carbocycles. The predicted octanol–water partition coefficient (Wildman–Crippen LogP) is 1.30. The van der Waals surface area contributed by atoms with E-state index in [9.17, 15) is 8.42 Å². The average molecular weight is 285 g/mol. The Balaban J connectivity index is 2.18. The van der Waals surface area contributed by atoms with Crippen LogP contribution in [0, 0.1) is 13.8 Å². The Morgan fingerprint density at radius 1 is 1.37 bits per heavy atom. The molecule has 1 heterocycles. The molecule has 1 aromatic rings.